The van der Waals surface area contributed by atoms with Crippen molar-refractivity contribution >= 4 is 16.1 Å². The summed E-state index contributed by atoms with van der Waals surface area (Å²) in [6, 6.07) is 0. The van der Waals surface area contributed by atoms with Gasteiger partial charge in [-0.1, -0.05) is 13.8 Å². The van der Waals surface area contributed by atoms with E-state index < -0.39 is 63.8 Å². The molecule has 0 radical (unpaired) electrons. The molecule has 2 unspecified atom stereocenters. The molecule has 1 aliphatic heterocycles. The third-order valence-corrected chi connectivity index (χ3v) is 10.1. The standard InChI is InChI=1S/C25H35F7O7S/c1-15(2)9-22(37-4-3-5-38-22)13-19(24(27,28)29)39-40(34,35)23(26,25(30,31)32)20(33)36-14-21-10-16-6-17(11-21)8-18(7-16)12-21/h15-19H,3-14H2,1-2H3. The minimum Gasteiger partial charge on any atom is -0.462 e. The number of ether oxygens (including phenoxy) is 3. The summed E-state index contributed by atoms with van der Waals surface area (Å²) in [5.41, 5.74) is -0.713. The highest BCUT2D eigenvalue weighted by atomic mass is 32.2. The van der Waals surface area contributed by atoms with Gasteiger partial charge in [-0.25, -0.2) is 9.18 Å². The molecule has 4 aliphatic carbocycles. The smallest absolute Gasteiger partial charge is 0.451 e. The highest BCUT2D eigenvalue weighted by Crippen LogP contribution is 2.60. The van der Waals surface area contributed by atoms with Crippen molar-refractivity contribution < 1.29 is 62.3 Å². The van der Waals surface area contributed by atoms with Crippen LogP contribution < -0.4 is 0 Å². The van der Waals surface area contributed by atoms with Crippen LogP contribution in [0.25, 0.3) is 0 Å². The molecule has 4 bridgehead atoms. The molecule has 5 rings (SSSR count). The van der Waals surface area contributed by atoms with E-state index in [4.69, 9.17) is 9.47 Å². The van der Waals surface area contributed by atoms with Crippen molar-refractivity contribution in [1.82, 2.24) is 0 Å². The van der Waals surface area contributed by atoms with E-state index in [9.17, 15) is 39.6 Å². The number of hydrogen-bond donors (Lipinski definition) is 0. The van der Waals surface area contributed by atoms with E-state index in [-0.39, 0.29) is 43.3 Å². The SMILES string of the molecule is CC(C)CC1(CC(OS(=O)(=O)C(F)(C(=O)OCC23CC4CC(CC(C4)C2)C3)C(F)(F)F)C(F)(F)F)OCCCO1. The van der Waals surface area contributed by atoms with Gasteiger partial charge in [-0.15, -0.1) is 0 Å². The predicted molar refractivity (Wildman–Crippen MR) is 125 cm³/mol. The summed E-state index contributed by atoms with van der Waals surface area (Å²) in [7, 11) is -6.94. The molecule has 5 fully saturated rings. The average molecular weight is 613 g/mol. The molecule has 0 amide bonds. The second kappa shape index (κ2) is 10.8. The molecule has 0 aromatic rings. The van der Waals surface area contributed by atoms with Gasteiger partial charge in [-0.05, 0) is 68.6 Å². The summed E-state index contributed by atoms with van der Waals surface area (Å²) < 4.78 is 144. The van der Waals surface area contributed by atoms with Crippen LogP contribution in [-0.2, 0) is 33.3 Å². The normalized spacial score (nSPS) is 32.6. The van der Waals surface area contributed by atoms with Gasteiger partial charge in [-0.3, -0.25) is 4.18 Å². The molecular weight excluding hydrogens is 577 g/mol. The Hall–Kier alpha value is -1.19. The zero-order valence-electron chi connectivity index (χ0n) is 22.3. The van der Waals surface area contributed by atoms with Gasteiger partial charge in [0.05, 0.1) is 19.8 Å². The molecule has 2 atom stereocenters. The van der Waals surface area contributed by atoms with Crippen molar-refractivity contribution in [3.63, 3.8) is 0 Å². The lowest BCUT2D eigenvalue weighted by molar-refractivity contribution is -0.303. The van der Waals surface area contributed by atoms with Gasteiger partial charge < -0.3 is 14.2 Å². The first kappa shape index (κ1) is 31.7. The Bertz CT molecular complexity index is 1000. The molecule has 7 nitrogen and oxygen atoms in total. The number of esters is 1. The number of hydrogen-bond acceptors (Lipinski definition) is 7. The molecule has 0 aromatic carbocycles. The zero-order valence-corrected chi connectivity index (χ0v) is 23.1. The summed E-state index contributed by atoms with van der Waals surface area (Å²) in [6.07, 6.45) is -12.4. The van der Waals surface area contributed by atoms with Crippen LogP contribution in [0.3, 0.4) is 0 Å². The van der Waals surface area contributed by atoms with Crippen molar-refractivity contribution in [2.45, 2.75) is 101 Å². The van der Waals surface area contributed by atoms with E-state index in [1.165, 1.54) is 0 Å². The summed E-state index contributed by atoms with van der Waals surface area (Å²) >= 11 is 0. The van der Waals surface area contributed by atoms with Gasteiger partial charge in [0.1, 0.15) is 0 Å². The van der Waals surface area contributed by atoms with E-state index in [0.717, 1.165) is 19.3 Å². The zero-order chi connectivity index (χ0) is 29.8. The third-order valence-electron chi connectivity index (χ3n) is 8.49. The number of rotatable bonds is 10. The van der Waals surface area contributed by atoms with Crippen LogP contribution in [0.4, 0.5) is 30.7 Å². The van der Waals surface area contributed by atoms with Crippen LogP contribution in [0.15, 0.2) is 0 Å². The third kappa shape index (κ3) is 6.26. The van der Waals surface area contributed by atoms with Crippen molar-refractivity contribution in [2.24, 2.45) is 29.1 Å². The highest BCUT2D eigenvalue weighted by molar-refractivity contribution is 7.88. The summed E-state index contributed by atoms with van der Waals surface area (Å²) in [4.78, 5) is 12.6. The minimum atomic E-state index is -6.94. The van der Waals surface area contributed by atoms with Crippen molar-refractivity contribution in [3.8, 4) is 0 Å². The van der Waals surface area contributed by atoms with E-state index in [0.29, 0.717) is 25.7 Å². The highest BCUT2D eigenvalue weighted by Gasteiger charge is 2.75. The monoisotopic (exact) mass is 612 g/mol. The molecule has 4 saturated carbocycles. The number of alkyl halides is 7. The van der Waals surface area contributed by atoms with E-state index in [1.807, 2.05) is 0 Å². The number of carbonyl (C=O) groups excluding carboxylic acids is 1. The average Bonchev–Trinajstić information content (AvgIpc) is 2.79. The lowest BCUT2D eigenvalue weighted by atomic mass is 9.50. The van der Waals surface area contributed by atoms with Gasteiger partial charge in [0, 0.05) is 18.3 Å². The second-order valence-corrected chi connectivity index (χ2v) is 14.1. The molecule has 5 aliphatic rings. The van der Waals surface area contributed by atoms with Crippen molar-refractivity contribution in [2.75, 3.05) is 19.8 Å². The topological polar surface area (TPSA) is 88.1 Å². The molecule has 0 N–H and O–H groups in total. The molecule has 40 heavy (non-hydrogen) atoms. The summed E-state index contributed by atoms with van der Waals surface area (Å²) in [6.45, 7) is 2.44. The predicted octanol–water partition coefficient (Wildman–Crippen LogP) is 5.82. The van der Waals surface area contributed by atoms with Crippen LogP contribution in [0.1, 0.15) is 71.6 Å². The van der Waals surface area contributed by atoms with Gasteiger partial charge in [0.15, 0.2) is 11.9 Å². The van der Waals surface area contributed by atoms with Crippen molar-refractivity contribution in [1.29, 1.82) is 0 Å². The van der Waals surface area contributed by atoms with Crippen LogP contribution in [0, 0.1) is 29.1 Å². The first-order chi connectivity index (χ1) is 18.3. The maximum absolute atomic E-state index is 15.5. The van der Waals surface area contributed by atoms with E-state index in [1.54, 1.807) is 13.8 Å². The second-order valence-electron chi connectivity index (χ2n) is 12.4. The van der Waals surface area contributed by atoms with Crippen molar-refractivity contribution in [3.05, 3.63) is 0 Å². The fraction of sp³-hybridized carbons (Fsp3) is 0.960. The Kier molecular flexibility index (Phi) is 8.59. The lowest BCUT2D eigenvalue weighted by Gasteiger charge is -2.56. The fourth-order valence-electron chi connectivity index (χ4n) is 7.40. The van der Waals surface area contributed by atoms with E-state index >= 15 is 4.39 Å². The minimum absolute atomic E-state index is 0.0592. The van der Waals surface area contributed by atoms with E-state index in [2.05, 4.69) is 8.92 Å². The first-order valence-electron chi connectivity index (χ1n) is 13.5. The molecule has 0 spiro atoms. The Morgan fingerprint density at radius 1 is 0.900 bits per heavy atom. The van der Waals surface area contributed by atoms with Crippen LogP contribution in [0.2, 0.25) is 0 Å². The van der Waals surface area contributed by atoms with Gasteiger partial charge in [0.25, 0.3) is 0 Å². The largest absolute Gasteiger partial charge is 0.462 e. The maximum Gasteiger partial charge on any atom is 0.451 e. The van der Waals surface area contributed by atoms with Gasteiger partial charge >= 0.3 is 33.4 Å². The number of carbonyl (C=O) groups is 1. The molecule has 1 saturated heterocycles. The molecule has 1 heterocycles. The Balaban J connectivity index is 1.56. The fourth-order valence-corrected chi connectivity index (χ4v) is 8.56. The van der Waals surface area contributed by atoms with Crippen LogP contribution in [0.5, 0.6) is 0 Å². The summed E-state index contributed by atoms with van der Waals surface area (Å²) in [5.74, 6) is -4.39. The summed E-state index contributed by atoms with van der Waals surface area (Å²) in [5, 5.41) is -5.88. The number of halogens is 7. The van der Waals surface area contributed by atoms with Crippen LogP contribution in [-0.4, -0.2) is 63.5 Å². The van der Waals surface area contributed by atoms with Gasteiger partial charge in [-0.2, -0.15) is 34.8 Å². The molecular formula is C25H35F7O7S. The quantitative estimate of drug-likeness (QED) is 0.175. The lowest BCUT2D eigenvalue weighted by Crippen LogP contribution is -2.58. The molecule has 232 valence electrons. The van der Waals surface area contributed by atoms with Gasteiger partial charge in [0.2, 0.25) is 0 Å². The molecule has 0 aromatic heterocycles. The maximum atomic E-state index is 15.5. The Labute approximate surface area is 228 Å². The first-order valence-corrected chi connectivity index (χ1v) is 14.9. The van der Waals surface area contributed by atoms with Crippen LogP contribution >= 0.6 is 0 Å². The molecule has 15 heteroatoms. The Morgan fingerprint density at radius 3 is 1.82 bits per heavy atom. The Morgan fingerprint density at radius 2 is 1.40 bits per heavy atom.